The Morgan fingerprint density at radius 2 is 1.95 bits per heavy atom. The number of aromatic nitrogens is 2. The van der Waals surface area contributed by atoms with E-state index in [0.29, 0.717) is 6.07 Å². The van der Waals surface area contributed by atoms with Crippen molar-refractivity contribution >= 4 is 5.97 Å². The normalized spacial score (nSPS) is 29.3. The van der Waals surface area contributed by atoms with Gasteiger partial charge in [0.05, 0.1) is 18.6 Å². The molecule has 1 aromatic rings. The molecule has 2 rings (SSSR count). The number of hydrogen-bond donors (Lipinski definition) is 3. The number of carbonyl (C=O) groups is 1. The maximum absolute atomic E-state index is 12.6. The molecule has 0 radical (unpaired) electrons. The largest absolute Gasteiger partial charge is 0.457 e. The lowest BCUT2D eigenvalue weighted by atomic mass is 9.89. The number of ether oxygens (including phenoxy) is 1. The average molecular weight is 322 g/mol. The fourth-order valence-electron chi connectivity index (χ4n) is 2.11. The zero-order valence-corrected chi connectivity index (χ0v) is 11.1. The van der Waals surface area contributed by atoms with Crippen LogP contribution in [0.5, 0.6) is 0 Å². The third kappa shape index (κ3) is 3.34. The van der Waals surface area contributed by atoms with Gasteiger partial charge in [0.25, 0.3) is 0 Å². The lowest BCUT2D eigenvalue weighted by molar-refractivity contribution is -0.195. The fraction of sp³-hybridized carbons (Fsp3) is 0.583. The van der Waals surface area contributed by atoms with Crippen molar-refractivity contribution in [2.45, 2.75) is 30.9 Å². The van der Waals surface area contributed by atoms with Gasteiger partial charge >= 0.3 is 12.1 Å². The molecule has 2 heterocycles. The van der Waals surface area contributed by atoms with Crippen molar-refractivity contribution < 1.29 is 38.0 Å². The summed E-state index contributed by atoms with van der Waals surface area (Å²) in [5.41, 5.74) is -1.18. The summed E-state index contributed by atoms with van der Waals surface area (Å²) in [5.74, 6) is -2.58. The molecule has 22 heavy (non-hydrogen) atoms. The number of aliphatic hydroxyl groups is 3. The number of cyclic esters (lactones) is 1. The van der Waals surface area contributed by atoms with Crippen molar-refractivity contribution in [3.8, 4) is 0 Å². The third-order valence-electron chi connectivity index (χ3n) is 3.29. The Morgan fingerprint density at radius 3 is 2.55 bits per heavy atom. The van der Waals surface area contributed by atoms with E-state index in [1.165, 1.54) is 0 Å². The van der Waals surface area contributed by atoms with Gasteiger partial charge in [0.1, 0.15) is 17.6 Å². The van der Waals surface area contributed by atoms with E-state index in [9.17, 15) is 28.2 Å². The SMILES string of the molecule is O=C1OC(CO)[C@H](O)[C@H](O)[C@H]1Cc1nccc(C(F)(F)F)n1. The molecule has 1 fully saturated rings. The first kappa shape index (κ1) is 16.6. The van der Waals surface area contributed by atoms with Gasteiger partial charge in [-0.15, -0.1) is 0 Å². The number of halogens is 3. The van der Waals surface area contributed by atoms with Crippen LogP contribution in [0.4, 0.5) is 13.2 Å². The van der Waals surface area contributed by atoms with E-state index in [0.717, 1.165) is 6.20 Å². The minimum absolute atomic E-state index is 0.314. The molecule has 7 nitrogen and oxygen atoms in total. The number of alkyl halides is 3. The lowest BCUT2D eigenvalue weighted by Gasteiger charge is -2.35. The highest BCUT2D eigenvalue weighted by Gasteiger charge is 2.44. The Morgan fingerprint density at radius 1 is 1.27 bits per heavy atom. The average Bonchev–Trinajstić information content (AvgIpc) is 2.47. The molecule has 1 aliphatic heterocycles. The van der Waals surface area contributed by atoms with E-state index in [-0.39, 0.29) is 5.82 Å². The topological polar surface area (TPSA) is 113 Å². The molecule has 1 saturated heterocycles. The standard InChI is InChI=1S/C12H13F3N2O5/c13-12(14,15)7-1-2-16-8(17-7)3-5-9(19)10(20)6(4-18)22-11(5)21/h1-2,5-6,9-10,18-20H,3-4H2/t5-,6?,9-,10+/m1/s1. The predicted octanol–water partition coefficient (Wildman–Crippen LogP) is -0.706. The smallest absolute Gasteiger partial charge is 0.433 e. The van der Waals surface area contributed by atoms with Crippen LogP contribution in [0.15, 0.2) is 12.3 Å². The molecule has 122 valence electrons. The summed E-state index contributed by atoms with van der Waals surface area (Å²) in [6, 6.07) is 0.676. The van der Waals surface area contributed by atoms with Gasteiger partial charge in [0, 0.05) is 12.6 Å². The maximum atomic E-state index is 12.6. The highest BCUT2D eigenvalue weighted by molar-refractivity contribution is 5.74. The fourth-order valence-corrected chi connectivity index (χ4v) is 2.11. The molecule has 0 aliphatic carbocycles. The van der Waals surface area contributed by atoms with E-state index >= 15 is 0 Å². The van der Waals surface area contributed by atoms with Crippen LogP contribution in [-0.2, 0) is 22.1 Å². The molecule has 4 atom stereocenters. The Hall–Kier alpha value is -1.78. The van der Waals surface area contributed by atoms with Crippen molar-refractivity contribution in [3.05, 3.63) is 23.8 Å². The lowest BCUT2D eigenvalue weighted by Crippen LogP contribution is -2.54. The maximum Gasteiger partial charge on any atom is 0.433 e. The Labute approximate surface area is 122 Å². The first-order valence-corrected chi connectivity index (χ1v) is 6.30. The van der Waals surface area contributed by atoms with Crippen LogP contribution in [0.3, 0.4) is 0 Å². The van der Waals surface area contributed by atoms with Crippen molar-refractivity contribution in [1.82, 2.24) is 9.97 Å². The van der Waals surface area contributed by atoms with Crippen LogP contribution in [0, 0.1) is 5.92 Å². The van der Waals surface area contributed by atoms with Crippen molar-refractivity contribution in [2.75, 3.05) is 6.61 Å². The Bertz CT molecular complexity index is 554. The molecule has 0 bridgehead atoms. The van der Waals surface area contributed by atoms with Gasteiger partial charge in [-0.1, -0.05) is 0 Å². The summed E-state index contributed by atoms with van der Waals surface area (Å²) < 4.78 is 42.4. The molecule has 1 aromatic heterocycles. The first-order valence-electron chi connectivity index (χ1n) is 6.30. The summed E-state index contributed by atoms with van der Waals surface area (Å²) in [5, 5.41) is 28.4. The van der Waals surface area contributed by atoms with Crippen LogP contribution < -0.4 is 0 Å². The molecular weight excluding hydrogens is 309 g/mol. The Balaban J connectivity index is 2.18. The van der Waals surface area contributed by atoms with Crippen molar-refractivity contribution in [1.29, 1.82) is 0 Å². The second-order valence-corrected chi connectivity index (χ2v) is 4.81. The minimum atomic E-state index is -4.66. The summed E-state index contributed by atoms with van der Waals surface area (Å²) in [4.78, 5) is 18.6. The van der Waals surface area contributed by atoms with E-state index < -0.39 is 55.1 Å². The first-order chi connectivity index (χ1) is 10.2. The van der Waals surface area contributed by atoms with Crippen LogP contribution in [0.1, 0.15) is 11.5 Å². The van der Waals surface area contributed by atoms with Gasteiger partial charge in [-0.05, 0) is 6.07 Å². The van der Waals surface area contributed by atoms with E-state index in [4.69, 9.17) is 9.84 Å². The predicted molar refractivity (Wildman–Crippen MR) is 63.2 cm³/mol. The van der Waals surface area contributed by atoms with E-state index in [1.54, 1.807) is 0 Å². The number of aliphatic hydroxyl groups excluding tert-OH is 3. The molecule has 1 aliphatic rings. The number of carbonyl (C=O) groups excluding carboxylic acids is 1. The third-order valence-corrected chi connectivity index (χ3v) is 3.29. The second-order valence-electron chi connectivity index (χ2n) is 4.81. The van der Waals surface area contributed by atoms with Gasteiger partial charge in [0.2, 0.25) is 0 Å². The van der Waals surface area contributed by atoms with Gasteiger partial charge in [-0.2, -0.15) is 13.2 Å². The molecule has 0 aromatic carbocycles. The number of rotatable bonds is 3. The zero-order chi connectivity index (χ0) is 16.5. The monoisotopic (exact) mass is 322 g/mol. The molecule has 1 unspecified atom stereocenters. The van der Waals surface area contributed by atoms with Gasteiger partial charge in [-0.3, -0.25) is 4.79 Å². The number of nitrogens with zero attached hydrogens (tertiary/aromatic N) is 2. The molecule has 0 spiro atoms. The van der Waals surface area contributed by atoms with Crippen LogP contribution in [0.2, 0.25) is 0 Å². The minimum Gasteiger partial charge on any atom is -0.457 e. The van der Waals surface area contributed by atoms with Gasteiger partial charge < -0.3 is 20.1 Å². The second kappa shape index (κ2) is 6.15. The van der Waals surface area contributed by atoms with Crippen molar-refractivity contribution in [2.24, 2.45) is 5.92 Å². The summed E-state index contributed by atoms with van der Waals surface area (Å²) in [7, 11) is 0. The van der Waals surface area contributed by atoms with Crippen molar-refractivity contribution in [3.63, 3.8) is 0 Å². The molecule has 0 saturated carbocycles. The van der Waals surface area contributed by atoms with E-state index in [1.807, 2.05) is 0 Å². The summed E-state index contributed by atoms with van der Waals surface area (Å²) in [6.45, 7) is -0.684. The Kier molecular flexibility index (Phi) is 4.63. The highest BCUT2D eigenvalue weighted by atomic mass is 19.4. The number of hydrogen-bond acceptors (Lipinski definition) is 7. The quantitative estimate of drug-likeness (QED) is 0.630. The van der Waals surface area contributed by atoms with Crippen LogP contribution in [0.25, 0.3) is 0 Å². The molecular formula is C12H13F3N2O5. The zero-order valence-electron chi connectivity index (χ0n) is 11.1. The molecule has 10 heteroatoms. The van der Waals surface area contributed by atoms with Crippen LogP contribution >= 0.6 is 0 Å². The molecule has 0 amide bonds. The summed E-state index contributed by atoms with van der Waals surface area (Å²) in [6.07, 6.45) is -8.63. The van der Waals surface area contributed by atoms with Crippen LogP contribution in [-0.4, -0.2) is 56.2 Å². The highest BCUT2D eigenvalue weighted by Crippen LogP contribution is 2.28. The summed E-state index contributed by atoms with van der Waals surface area (Å²) >= 11 is 0. The number of esters is 1. The van der Waals surface area contributed by atoms with E-state index in [2.05, 4.69) is 9.97 Å². The van der Waals surface area contributed by atoms with Gasteiger partial charge in [0.15, 0.2) is 6.10 Å². The molecule has 3 N–H and O–H groups in total. The van der Waals surface area contributed by atoms with Gasteiger partial charge in [-0.25, -0.2) is 9.97 Å².